The van der Waals surface area contributed by atoms with Crippen molar-refractivity contribution in [3.63, 3.8) is 0 Å². The van der Waals surface area contributed by atoms with Crippen molar-refractivity contribution in [1.82, 2.24) is 15.1 Å². The SMILES string of the molecule is Cc1c(C(=O)NC2CCC(C(=O)O)CC2)cnn1-c1ccccc1. The first-order chi connectivity index (χ1) is 11.6. The molecule has 6 nitrogen and oxygen atoms in total. The van der Waals surface area contributed by atoms with E-state index in [9.17, 15) is 9.59 Å². The van der Waals surface area contributed by atoms with Crippen LogP contribution in [-0.4, -0.2) is 32.8 Å². The Balaban J connectivity index is 1.66. The Bertz CT molecular complexity index is 731. The molecular formula is C18H21N3O3. The third-order valence-corrected chi connectivity index (χ3v) is 4.67. The molecule has 126 valence electrons. The molecule has 0 spiro atoms. The van der Waals surface area contributed by atoms with E-state index in [1.54, 1.807) is 10.9 Å². The van der Waals surface area contributed by atoms with E-state index in [0.717, 1.165) is 11.4 Å². The number of aromatic nitrogens is 2. The topological polar surface area (TPSA) is 84.2 Å². The first kappa shape index (κ1) is 16.2. The molecule has 1 amide bonds. The zero-order valence-electron chi connectivity index (χ0n) is 13.6. The van der Waals surface area contributed by atoms with Crippen molar-refractivity contribution in [2.24, 2.45) is 5.92 Å². The molecule has 0 radical (unpaired) electrons. The number of carboxylic acid groups (broad SMARTS) is 1. The summed E-state index contributed by atoms with van der Waals surface area (Å²) in [5.74, 6) is -1.16. The van der Waals surface area contributed by atoms with Gasteiger partial charge in [0.2, 0.25) is 0 Å². The molecule has 2 aromatic rings. The highest BCUT2D eigenvalue weighted by Gasteiger charge is 2.27. The number of hydrogen-bond acceptors (Lipinski definition) is 3. The molecule has 6 heteroatoms. The summed E-state index contributed by atoms with van der Waals surface area (Å²) in [6, 6.07) is 9.70. The van der Waals surface area contributed by atoms with Crippen LogP contribution < -0.4 is 5.32 Å². The van der Waals surface area contributed by atoms with Crippen molar-refractivity contribution in [2.75, 3.05) is 0 Å². The quantitative estimate of drug-likeness (QED) is 0.904. The Hall–Kier alpha value is -2.63. The van der Waals surface area contributed by atoms with E-state index >= 15 is 0 Å². The van der Waals surface area contributed by atoms with Crippen LogP contribution in [0.3, 0.4) is 0 Å². The van der Waals surface area contributed by atoms with Gasteiger partial charge in [0.1, 0.15) is 0 Å². The lowest BCUT2D eigenvalue weighted by Gasteiger charge is -2.26. The molecule has 1 fully saturated rings. The van der Waals surface area contributed by atoms with E-state index in [-0.39, 0.29) is 17.9 Å². The summed E-state index contributed by atoms with van der Waals surface area (Å²) in [7, 11) is 0. The van der Waals surface area contributed by atoms with Gasteiger partial charge in [0.05, 0.1) is 29.1 Å². The second-order valence-electron chi connectivity index (χ2n) is 6.25. The summed E-state index contributed by atoms with van der Waals surface area (Å²) < 4.78 is 1.75. The van der Waals surface area contributed by atoms with Crippen molar-refractivity contribution in [2.45, 2.75) is 38.6 Å². The van der Waals surface area contributed by atoms with Crippen LogP contribution >= 0.6 is 0 Å². The van der Waals surface area contributed by atoms with Crippen LogP contribution in [-0.2, 0) is 4.79 Å². The molecule has 0 unspecified atom stereocenters. The molecule has 1 aliphatic carbocycles. The van der Waals surface area contributed by atoms with Gasteiger partial charge in [-0.2, -0.15) is 5.10 Å². The van der Waals surface area contributed by atoms with Crippen molar-refractivity contribution in [3.05, 3.63) is 47.8 Å². The monoisotopic (exact) mass is 327 g/mol. The lowest BCUT2D eigenvalue weighted by atomic mass is 9.86. The molecule has 1 saturated carbocycles. The van der Waals surface area contributed by atoms with E-state index in [2.05, 4.69) is 10.4 Å². The molecule has 1 heterocycles. The second kappa shape index (κ2) is 6.86. The van der Waals surface area contributed by atoms with Gasteiger partial charge in [0.25, 0.3) is 5.91 Å². The standard InChI is InChI=1S/C18H21N3O3/c1-12-16(11-19-21(12)15-5-3-2-4-6-15)17(22)20-14-9-7-13(8-10-14)18(23)24/h2-6,11,13-14H,7-10H2,1H3,(H,20,22)(H,23,24). The number of carbonyl (C=O) groups is 2. The van der Waals surface area contributed by atoms with Crippen LogP contribution in [0.5, 0.6) is 0 Å². The minimum absolute atomic E-state index is 0.0348. The number of hydrogen-bond donors (Lipinski definition) is 2. The van der Waals surface area contributed by atoms with Crippen LogP contribution in [0, 0.1) is 12.8 Å². The maximum atomic E-state index is 12.5. The fourth-order valence-electron chi connectivity index (χ4n) is 3.21. The number of nitrogens with zero attached hydrogens (tertiary/aromatic N) is 2. The molecular weight excluding hydrogens is 306 g/mol. The van der Waals surface area contributed by atoms with Crippen molar-refractivity contribution < 1.29 is 14.7 Å². The van der Waals surface area contributed by atoms with Crippen LogP contribution in [0.1, 0.15) is 41.7 Å². The lowest BCUT2D eigenvalue weighted by Crippen LogP contribution is -2.38. The summed E-state index contributed by atoms with van der Waals surface area (Å²) in [6.07, 6.45) is 4.22. The Labute approximate surface area is 140 Å². The number of carbonyl (C=O) groups excluding carboxylic acids is 1. The second-order valence-corrected chi connectivity index (χ2v) is 6.25. The van der Waals surface area contributed by atoms with Crippen LogP contribution in [0.2, 0.25) is 0 Å². The molecule has 3 rings (SSSR count). The Kier molecular flexibility index (Phi) is 4.64. The normalized spacial score (nSPS) is 20.5. The first-order valence-electron chi connectivity index (χ1n) is 8.20. The number of para-hydroxylation sites is 1. The van der Waals surface area contributed by atoms with Crippen LogP contribution in [0.4, 0.5) is 0 Å². The lowest BCUT2D eigenvalue weighted by molar-refractivity contribution is -0.142. The van der Waals surface area contributed by atoms with Gasteiger partial charge in [0.15, 0.2) is 0 Å². The average Bonchev–Trinajstić information content (AvgIpc) is 2.98. The number of nitrogens with one attached hydrogen (secondary N) is 1. The van der Waals surface area contributed by atoms with E-state index in [0.29, 0.717) is 31.2 Å². The number of aliphatic carboxylic acids is 1. The molecule has 0 bridgehead atoms. The van der Waals surface area contributed by atoms with Gasteiger partial charge in [-0.25, -0.2) is 4.68 Å². The number of carboxylic acids is 1. The number of rotatable bonds is 4. The van der Waals surface area contributed by atoms with Crippen molar-refractivity contribution in [1.29, 1.82) is 0 Å². The predicted molar refractivity (Wildman–Crippen MR) is 89.1 cm³/mol. The van der Waals surface area contributed by atoms with E-state index in [1.165, 1.54) is 0 Å². The Morgan fingerprint density at radius 1 is 1.17 bits per heavy atom. The zero-order chi connectivity index (χ0) is 17.1. The summed E-state index contributed by atoms with van der Waals surface area (Å²) >= 11 is 0. The smallest absolute Gasteiger partial charge is 0.306 e. The van der Waals surface area contributed by atoms with Gasteiger partial charge in [-0.05, 0) is 44.7 Å². The summed E-state index contributed by atoms with van der Waals surface area (Å²) in [5.41, 5.74) is 2.26. The van der Waals surface area contributed by atoms with E-state index in [1.807, 2.05) is 37.3 Å². The molecule has 1 aromatic carbocycles. The van der Waals surface area contributed by atoms with Crippen LogP contribution in [0.25, 0.3) is 5.69 Å². The molecule has 24 heavy (non-hydrogen) atoms. The Morgan fingerprint density at radius 3 is 2.46 bits per heavy atom. The molecule has 2 N–H and O–H groups in total. The molecule has 1 aliphatic rings. The molecule has 1 aromatic heterocycles. The average molecular weight is 327 g/mol. The molecule has 0 aliphatic heterocycles. The minimum atomic E-state index is -0.736. The Morgan fingerprint density at radius 2 is 1.83 bits per heavy atom. The maximum Gasteiger partial charge on any atom is 0.306 e. The highest BCUT2D eigenvalue weighted by atomic mass is 16.4. The van der Waals surface area contributed by atoms with Gasteiger partial charge < -0.3 is 10.4 Å². The predicted octanol–water partition coefficient (Wildman–Crippen LogP) is 2.55. The fourth-order valence-corrected chi connectivity index (χ4v) is 3.21. The molecule has 0 saturated heterocycles. The summed E-state index contributed by atoms with van der Waals surface area (Å²) in [5, 5.41) is 16.4. The largest absolute Gasteiger partial charge is 0.481 e. The summed E-state index contributed by atoms with van der Waals surface area (Å²) in [6.45, 7) is 1.87. The number of benzene rings is 1. The minimum Gasteiger partial charge on any atom is -0.481 e. The van der Waals surface area contributed by atoms with E-state index < -0.39 is 5.97 Å². The van der Waals surface area contributed by atoms with Gasteiger partial charge in [-0.1, -0.05) is 18.2 Å². The zero-order valence-corrected chi connectivity index (χ0v) is 13.6. The third-order valence-electron chi connectivity index (χ3n) is 4.67. The first-order valence-corrected chi connectivity index (χ1v) is 8.20. The van der Waals surface area contributed by atoms with Gasteiger partial charge in [-0.15, -0.1) is 0 Å². The van der Waals surface area contributed by atoms with Crippen LogP contribution in [0.15, 0.2) is 36.5 Å². The van der Waals surface area contributed by atoms with E-state index in [4.69, 9.17) is 5.11 Å². The van der Waals surface area contributed by atoms with Gasteiger partial charge in [0, 0.05) is 6.04 Å². The fraction of sp³-hybridized carbons (Fsp3) is 0.389. The van der Waals surface area contributed by atoms with Crippen molar-refractivity contribution >= 4 is 11.9 Å². The highest BCUT2D eigenvalue weighted by molar-refractivity contribution is 5.95. The summed E-state index contributed by atoms with van der Waals surface area (Å²) in [4.78, 5) is 23.5. The highest BCUT2D eigenvalue weighted by Crippen LogP contribution is 2.25. The van der Waals surface area contributed by atoms with Gasteiger partial charge in [-0.3, -0.25) is 9.59 Å². The molecule has 0 atom stereocenters. The van der Waals surface area contributed by atoms with Gasteiger partial charge >= 0.3 is 5.97 Å². The number of amides is 1. The third kappa shape index (κ3) is 3.32. The maximum absolute atomic E-state index is 12.5. The van der Waals surface area contributed by atoms with Crippen molar-refractivity contribution in [3.8, 4) is 5.69 Å².